The summed E-state index contributed by atoms with van der Waals surface area (Å²) in [7, 11) is -3.34. The van der Waals surface area contributed by atoms with Gasteiger partial charge in [-0.25, -0.2) is 13.4 Å². The van der Waals surface area contributed by atoms with Gasteiger partial charge in [0.1, 0.15) is 17.0 Å². The zero-order chi connectivity index (χ0) is 22.0. The number of amides is 1. The molecular weight excluding hydrogens is 436 g/mol. The second kappa shape index (κ2) is 8.32. The number of thiazole rings is 1. The van der Waals surface area contributed by atoms with Crippen molar-refractivity contribution < 1.29 is 17.7 Å². The van der Waals surface area contributed by atoms with Crippen LogP contribution < -0.4 is 10.0 Å². The van der Waals surface area contributed by atoms with Crippen molar-refractivity contribution >= 4 is 38.1 Å². The van der Waals surface area contributed by atoms with Crippen molar-refractivity contribution in [2.45, 2.75) is 6.92 Å². The van der Waals surface area contributed by atoms with Crippen LogP contribution >= 0.6 is 11.3 Å². The van der Waals surface area contributed by atoms with E-state index >= 15 is 0 Å². The first-order valence-corrected chi connectivity index (χ1v) is 11.9. The van der Waals surface area contributed by atoms with Crippen LogP contribution in [0.4, 0.5) is 10.8 Å². The summed E-state index contributed by atoms with van der Waals surface area (Å²) in [6, 6.07) is 16.2. The summed E-state index contributed by atoms with van der Waals surface area (Å²) >= 11 is 1.29. The van der Waals surface area contributed by atoms with Gasteiger partial charge in [0.15, 0.2) is 5.13 Å². The van der Waals surface area contributed by atoms with E-state index in [2.05, 4.69) is 20.2 Å². The predicted octanol–water partition coefficient (Wildman–Crippen LogP) is 4.40. The monoisotopic (exact) mass is 454 g/mol. The molecule has 0 saturated heterocycles. The van der Waals surface area contributed by atoms with E-state index in [0.29, 0.717) is 33.5 Å². The van der Waals surface area contributed by atoms with Crippen molar-refractivity contribution in [1.29, 1.82) is 0 Å². The number of anilines is 2. The van der Waals surface area contributed by atoms with Crippen LogP contribution in [-0.4, -0.2) is 30.7 Å². The quantitative estimate of drug-likeness (QED) is 0.446. The molecule has 2 aromatic heterocycles. The van der Waals surface area contributed by atoms with Gasteiger partial charge in [-0.1, -0.05) is 47.6 Å². The maximum absolute atomic E-state index is 12.9. The van der Waals surface area contributed by atoms with E-state index in [1.807, 2.05) is 35.7 Å². The molecule has 2 aromatic carbocycles. The lowest BCUT2D eigenvalue weighted by atomic mass is 10.1. The van der Waals surface area contributed by atoms with Crippen LogP contribution in [0.3, 0.4) is 0 Å². The number of aromatic nitrogens is 2. The van der Waals surface area contributed by atoms with Crippen LogP contribution in [0.1, 0.15) is 16.1 Å². The minimum Gasteiger partial charge on any atom is -0.360 e. The fourth-order valence-corrected chi connectivity index (χ4v) is 4.26. The fraction of sp³-hybridized carbons (Fsp3) is 0.0952. The number of nitrogens with zero attached hydrogens (tertiary/aromatic N) is 2. The van der Waals surface area contributed by atoms with Crippen molar-refractivity contribution in [3.63, 3.8) is 0 Å². The highest BCUT2D eigenvalue weighted by atomic mass is 32.2. The SMILES string of the molecule is Cc1onc(-c2ccccc2)c1C(=O)Nc1nc(-c2ccc(NS(C)(=O)=O)cc2)cs1. The number of hydrogen-bond acceptors (Lipinski definition) is 7. The van der Waals surface area contributed by atoms with Crippen LogP contribution in [0.25, 0.3) is 22.5 Å². The lowest BCUT2D eigenvalue weighted by molar-refractivity contribution is 0.102. The number of sulfonamides is 1. The summed E-state index contributed by atoms with van der Waals surface area (Å²) in [4.78, 5) is 17.4. The Morgan fingerprint density at radius 1 is 1.03 bits per heavy atom. The summed E-state index contributed by atoms with van der Waals surface area (Å²) in [5, 5.41) is 9.08. The Labute approximate surface area is 183 Å². The molecule has 2 N–H and O–H groups in total. The van der Waals surface area contributed by atoms with Gasteiger partial charge in [0.25, 0.3) is 5.91 Å². The summed E-state index contributed by atoms with van der Waals surface area (Å²) in [6.45, 7) is 1.69. The normalized spacial score (nSPS) is 11.3. The second-order valence-corrected chi connectivity index (χ2v) is 9.38. The lowest BCUT2D eigenvalue weighted by Gasteiger charge is -2.04. The van der Waals surface area contributed by atoms with Gasteiger partial charge in [0.2, 0.25) is 10.0 Å². The molecule has 8 nitrogen and oxygen atoms in total. The molecule has 0 saturated carbocycles. The maximum atomic E-state index is 12.9. The first-order chi connectivity index (χ1) is 14.8. The van der Waals surface area contributed by atoms with Crippen LogP contribution in [0, 0.1) is 6.92 Å². The maximum Gasteiger partial charge on any atom is 0.263 e. The highest BCUT2D eigenvalue weighted by molar-refractivity contribution is 7.92. The second-order valence-electron chi connectivity index (χ2n) is 6.77. The van der Waals surface area contributed by atoms with Crippen LogP contribution in [0.5, 0.6) is 0 Å². The molecule has 0 fully saturated rings. The van der Waals surface area contributed by atoms with Crippen molar-refractivity contribution in [3.8, 4) is 22.5 Å². The van der Waals surface area contributed by atoms with Gasteiger partial charge in [-0.2, -0.15) is 0 Å². The number of aryl methyl sites for hydroxylation is 1. The first kappa shape index (κ1) is 20.8. The Balaban J connectivity index is 1.53. The average Bonchev–Trinajstić information content (AvgIpc) is 3.34. The molecule has 0 aliphatic heterocycles. The summed E-state index contributed by atoms with van der Waals surface area (Å²) < 4.78 is 30.3. The highest BCUT2D eigenvalue weighted by Gasteiger charge is 2.22. The number of rotatable bonds is 6. The van der Waals surface area contributed by atoms with E-state index < -0.39 is 10.0 Å². The zero-order valence-corrected chi connectivity index (χ0v) is 18.3. The molecule has 0 bridgehead atoms. The van der Waals surface area contributed by atoms with Crippen molar-refractivity contribution in [3.05, 3.63) is 71.3 Å². The van der Waals surface area contributed by atoms with E-state index in [4.69, 9.17) is 4.52 Å². The molecule has 4 aromatic rings. The van der Waals surface area contributed by atoms with Crippen molar-refractivity contribution in [2.75, 3.05) is 16.3 Å². The molecule has 0 spiro atoms. The van der Waals surface area contributed by atoms with Gasteiger partial charge >= 0.3 is 0 Å². The smallest absolute Gasteiger partial charge is 0.263 e. The third-order valence-electron chi connectivity index (χ3n) is 4.35. The third-order valence-corrected chi connectivity index (χ3v) is 5.71. The fourth-order valence-electron chi connectivity index (χ4n) is 2.98. The van der Waals surface area contributed by atoms with Gasteiger partial charge in [-0.05, 0) is 19.1 Å². The van der Waals surface area contributed by atoms with E-state index in [9.17, 15) is 13.2 Å². The van der Waals surface area contributed by atoms with E-state index in [0.717, 1.165) is 17.4 Å². The Morgan fingerprint density at radius 3 is 2.42 bits per heavy atom. The predicted molar refractivity (Wildman–Crippen MR) is 121 cm³/mol. The van der Waals surface area contributed by atoms with Crippen molar-refractivity contribution in [2.24, 2.45) is 0 Å². The Bertz CT molecular complexity index is 1330. The molecule has 158 valence electrons. The highest BCUT2D eigenvalue weighted by Crippen LogP contribution is 2.29. The van der Waals surface area contributed by atoms with Gasteiger partial charge in [0, 0.05) is 22.2 Å². The summed E-state index contributed by atoms with van der Waals surface area (Å²) in [5.74, 6) is 0.0632. The molecule has 1 amide bonds. The summed E-state index contributed by atoms with van der Waals surface area (Å²) in [5.41, 5.74) is 3.54. The molecule has 31 heavy (non-hydrogen) atoms. The number of hydrogen-bond donors (Lipinski definition) is 2. The third kappa shape index (κ3) is 4.81. The molecule has 4 rings (SSSR count). The van der Waals surface area contributed by atoms with Crippen LogP contribution in [0.15, 0.2) is 64.5 Å². The molecule has 0 radical (unpaired) electrons. The molecule has 0 unspecified atom stereocenters. The number of nitrogens with one attached hydrogen (secondary N) is 2. The minimum absolute atomic E-state index is 0.355. The minimum atomic E-state index is -3.34. The molecule has 10 heteroatoms. The summed E-state index contributed by atoms with van der Waals surface area (Å²) in [6.07, 6.45) is 1.09. The first-order valence-electron chi connectivity index (χ1n) is 9.17. The van der Waals surface area contributed by atoms with Crippen LogP contribution in [0.2, 0.25) is 0 Å². The van der Waals surface area contributed by atoms with Gasteiger partial charge in [0.05, 0.1) is 11.9 Å². The molecule has 2 heterocycles. The average molecular weight is 455 g/mol. The number of carbonyl (C=O) groups excluding carboxylic acids is 1. The Morgan fingerprint density at radius 2 is 1.74 bits per heavy atom. The van der Waals surface area contributed by atoms with Crippen molar-refractivity contribution in [1.82, 2.24) is 10.1 Å². The lowest BCUT2D eigenvalue weighted by Crippen LogP contribution is -2.13. The van der Waals surface area contributed by atoms with Gasteiger partial charge < -0.3 is 4.52 Å². The number of benzene rings is 2. The zero-order valence-electron chi connectivity index (χ0n) is 16.6. The van der Waals surface area contributed by atoms with E-state index in [1.54, 1.807) is 31.2 Å². The van der Waals surface area contributed by atoms with E-state index in [-0.39, 0.29) is 5.91 Å². The molecule has 0 aliphatic rings. The number of carbonyl (C=O) groups is 1. The van der Waals surface area contributed by atoms with Gasteiger partial charge in [-0.3, -0.25) is 14.8 Å². The van der Waals surface area contributed by atoms with Crippen LogP contribution in [-0.2, 0) is 10.0 Å². The molecular formula is C21H18N4O4S2. The van der Waals surface area contributed by atoms with E-state index in [1.165, 1.54) is 11.3 Å². The Kier molecular flexibility index (Phi) is 5.57. The topological polar surface area (TPSA) is 114 Å². The Hall–Kier alpha value is -3.50. The van der Waals surface area contributed by atoms with Gasteiger partial charge in [-0.15, -0.1) is 11.3 Å². The molecule has 0 atom stereocenters. The molecule has 0 aliphatic carbocycles. The standard InChI is InChI=1S/C21H18N4O4S2/c1-13-18(19(24-29-13)15-6-4-3-5-7-15)20(26)23-21-22-17(12-30-21)14-8-10-16(11-9-14)25-31(2,27)28/h3-12,25H,1-2H3,(H,22,23,26). The largest absolute Gasteiger partial charge is 0.360 e.